The third-order valence-electron chi connectivity index (χ3n) is 3.44. The number of primary sulfonamides is 1. The molecule has 0 bridgehead atoms. The van der Waals surface area contributed by atoms with E-state index in [9.17, 15) is 8.42 Å². The Bertz CT molecular complexity index is 602. The minimum absolute atomic E-state index is 0. The van der Waals surface area contributed by atoms with Gasteiger partial charge in [-0.2, -0.15) is 0 Å². The molecular weight excluding hydrogens is 459 g/mol. The average Bonchev–Trinajstić information content (AvgIpc) is 2.97. The van der Waals surface area contributed by atoms with Crippen LogP contribution < -0.4 is 15.8 Å². The maximum atomic E-state index is 11.3. The second kappa shape index (κ2) is 12.0. The standard InChI is InChI=1S/C15H28N4O2S2.HI/c1-4-5-6-7-8-12(2)19-15(17-3)18-11-13-9-10-14(22-13)23(16,20)21;/h9-10,12H,4-8,11H2,1-3H3,(H2,16,20,21)(H2,17,18,19);1H. The number of nitrogens with one attached hydrogen (secondary N) is 2. The summed E-state index contributed by atoms with van der Waals surface area (Å²) in [7, 11) is -1.89. The summed E-state index contributed by atoms with van der Waals surface area (Å²) in [5.74, 6) is 0.721. The van der Waals surface area contributed by atoms with Crippen molar-refractivity contribution >= 4 is 51.3 Å². The van der Waals surface area contributed by atoms with Crippen molar-refractivity contribution in [3.8, 4) is 0 Å². The van der Waals surface area contributed by atoms with Crippen molar-refractivity contribution in [2.24, 2.45) is 10.1 Å². The number of aliphatic imine (C=N–C) groups is 1. The highest BCUT2D eigenvalue weighted by Crippen LogP contribution is 2.19. The monoisotopic (exact) mass is 488 g/mol. The lowest BCUT2D eigenvalue weighted by molar-refractivity contribution is 0.537. The number of hydrogen-bond donors (Lipinski definition) is 3. The largest absolute Gasteiger partial charge is 0.354 e. The molecule has 24 heavy (non-hydrogen) atoms. The molecule has 0 fully saturated rings. The second-order valence-electron chi connectivity index (χ2n) is 5.59. The smallest absolute Gasteiger partial charge is 0.247 e. The minimum Gasteiger partial charge on any atom is -0.354 e. The van der Waals surface area contributed by atoms with Gasteiger partial charge in [-0.05, 0) is 25.5 Å². The lowest BCUT2D eigenvalue weighted by Crippen LogP contribution is -2.41. The lowest BCUT2D eigenvalue weighted by atomic mass is 10.1. The Kier molecular flexibility index (Phi) is 11.8. The van der Waals surface area contributed by atoms with Gasteiger partial charge in [0.1, 0.15) is 4.21 Å². The normalized spacial score (nSPS) is 13.2. The Morgan fingerprint density at radius 1 is 1.33 bits per heavy atom. The number of hydrogen-bond acceptors (Lipinski definition) is 4. The van der Waals surface area contributed by atoms with Crippen molar-refractivity contribution in [3.05, 3.63) is 17.0 Å². The molecule has 0 amide bonds. The first-order valence-electron chi connectivity index (χ1n) is 7.95. The van der Waals surface area contributed by atoms with E-state index >= 15 is 0 Å². The molecule has 0 spiro atoms. The molecule has 0 aliphatic carbocycles. The van der Waals surface area contributed by atoms with E-state index in [4.69, 9.17) is 5.14 Å². The molecule has 4 N–H and O–H groups in total. The van der Waals surface area contributed by atoms with E-state index in [-0.39, 0.29) is 28.2 Å². The molecule has 9 heteroatoms. The first-order valence-corrected chi connectivity index (χ1v) is 10.3. The number of sulfonamides is 1. The summed E-state index contributed by atoms with van der Waals surface area (Å²) in [4.78, 5) is 5.10. The van der Waals surface area contributed by atoms with E-state index in [1.54, 1.807) is 13.1 Å². The van der Waals surface area contributed by atoms with Crippen LogP contribution >= 0.6 is 35.3 Å². The van der Waals surface area contributed by atoms with Crippen LogP contribution in [0.5, 0.6) is 0 Å². The van der Waals surface area contributed by atoms with Crippen molar-refractivity contribution in [2.45, 2.75) is 62.7 Å². The molecule has 0 radical (unpaired) electrons. The lowest BCUT2D eigenvalue weighted by Gasteiger charge is -2.17. The molecule has 1 aromatic heterocycles. The molecule has 0 aromatic carbocycles. The van der Waals surface area contributed by atoms with E-state index in [1.165, 1.54) is 43.1 Å². The molecule has 1 unspecified atom stereocenters. The van der Waals surface area contributed by atoms with Crippen molar-refractivity contribution in [3.63, 3.8) is 0 Å². The van der Waals surface area contributed by atoms with Crippen LogP contribution in [0.3, 0.4) is 0 Å². The van der Waals surface area contributed by atoms with Gasteiger partial charge in [-0.25, -0.2) is 13.6 Å². The summed E-state index contributed by atoms with van der Waals surface area (Å²) in [6, 6.07) is 3.64. The predicted octanol–water partition coefficient (Wildman–Crippen LogP) is 3.04. The molecule has 0 saturated carbocycles. The van der Waals surface area contributed by atoms with Crippen LogP contribution in [-0.4, -0.2) is 27.5 Å². The van der Waals surface area contributed by atoms with Gasteiger partial charge >= 0.3 is 0 Å². The highest BCUT2D eigenvalue weighted by atomic mass is 127. The molecule has 140 valence electrons. The van der Waals surface area contributed by atoms with Gasteiger partial charge in [0, 0.05) is 18.0 Å². The Morgan fingerprint density at radius 3 is 2.58 bits per heavy atom. The summed E-state index contributed by atoms with van der Waals surface area (Å²) in [5, 5.41) is 11.7. The van der Waals surface area contributed by atoms with Crippen molar-refractivity contribution in [1.82, 2.24) is 10.6 Å². The van der Waals surface area contributed by atoms with E-state index in [2.05, 4.69) is 29.5 Å². The quantitative estimate of drug-likeness (QED) is 0.216. The highest BCUT2D eigenvalue weighted by molar-refractivity contribution is 14.0. The molecule has 0 aliphatic rings. The summed E-state index contributed by atoms with van der Waals surface area (Å²) in [6.45, 7) is 4.87. The van der Waals surface area contributed by atoms with Crippen LogP contribution in [0.2, 0.25) is 0 Å². The summed E-state index contributed by atoms with van der Waals surface area (Å²) in [5.41, 5.74) is 0. The zero-order valence-electron chi connectivity index (χ0n) is 14.5. The van der Waals surface area contributed by atoms with Crippen LogP contribution in [0.15, 0.2) is 21.3 Å². The zero-order valence-corrected chi connectivity index (χ0v) is 18.5. The first-order chi connectivity index (χ1) is 10.9. The Labute approximate surface area is 166 Å². The highest BCUT2D eigenvalue weighted by Gasteiger charge is 2.11. The number of halogens is 1. The maximum absolute atomic E-state index is 11.3. The van der Waals surface area contributed by atoms with Crippen LogP contribution in [0, 0.1) is 0 Å². The van der Waals surface area contributed by atoms with Gasteiger partial charge in [0.2, 0.25) is 10.0 Å². The van der Waals surface area contributed by atoms with Crippen LogP contribution in [0.1, 0.15) is 50.8 Å². The van der Waals surface area contributed by atoms with Crippen LogP contribution in [0.4, 0.5) is 0 Å². The van der Waals surface area contributed by atoms with Gasteiger partial charge in [0.25, 0.3) is 0 Å². The minimum atomic E-state index is -3.62. The van der Waals surface area contributed by atoms with E-state index < -0.39 is 10.0 Å². The number of nitrogens with zero attached hydrogens (tertiary/aromatic N) is 1. The Balaban J connectivity index is 0.00000529. The number of thiophene rings is 1. The fourth-order valence-corrected chi connectivity index (χ4v) is 3.87. The van der Waals surface area contributed by atoms with Gasteiger partial charge < -0.3 is 10.6 Å². The van der Waals surface area contributed by atoms with Gasteiger partial charge in [0.05, 0.1) is 6.54 Å². The molecule has 1 rings (SSSR count). The van der Waals surface area contributed by atoms with Crippen LogP contribution in [0.25, 0.3) is 0 Å². The number of nitrogens with two attached hydrogens (primary N) is 1. The molecular formula is C15H29IN4O2S2. The maximum Gasteiger partial charge on any atom is 0.247 e. The first kappa shape index (κ1) is 23.6. The Hall–Kier alpha value is -0.390. The van der Waals surface area contributed by atoms with Gasteiger partial charge in [-0.3, -0.25) is 4.99 Å². The van der Waals surface area contributed by atoms with Gasteiger partial charge in [0.15, 0.2) is 5.96 Å². The third kappa shape index (κ3) is 9.19. The SMILES string of the molecule is CCCCCCC(C)NC(=NC)NCc1ccc(S(N)(=O)=O)s1.I. The van der Waals surface area contributed by atoms with Crippen molar-refractivity contribution in [2.75, 3.05) is 7.05 Å². The van der Waals surface area contributed by atoms with Crippen LogP contribution in [-0.2, 0) is 16.6 Å². The second-order valence-corrected chi connectivity index (χ2v) is 8.54. The number of guanidine groups is 1. The third-order valence-corrected chi connectivity index (χ3v) is 5.97. The molecule has 0 aliphatic heterocycles. The van der Waals surface area contributed by atoms with Crippen molar-refractivity contribution in [1.29, 1.82) is 0 Å². The molecule has 0 saturated heterocycles. The van der Waals surface area contributed by atoms with Gasteiger partial charge in [-0.1, -0.05) is 32.6 Å². The van der Waals surface area contributed by atoms with E-state index in [1.807, 2.05) is 0 Å². The zero-order chi connectivity index (χ0) is 17.3. The number of rotatable bonds is 9. The molecule has 1 aromatic rings. The van der Waals surface area contributed by atoms with Gasteiger partial charge in [-0.15, -0.1) is 35.3 Å². The fourth-order valence-electron chi connectivity index (χ4n) is 2.15. The molecule has 1 atom stereocenters. The molecule has 1 heterocycles. The predicted molar refractivity (Wildman–Crippen MR) is 113 cm³/mol. The summed E-state index contributed by atoms with van der Waals surface area (Å²) in [6.07, 6.45) is 6.10. The Morgan fingerprint density at radius 2 is 2.04 bits per heavy atom. The van der Waals surface area contributed by atoms with Crippen molar-refractivity contribution < 1.29 is 8.42 Å². The topological polar surface area (TPSA) is 96.6 Å². The van der Waals surface area contributed by atoms with E-state index in [0.717, 1.165) is 17.3 Å². The summed E-state index contributed by atoms with van der Waals surface area (Å²) >= 11 is 1.17. The van der Waals surface area contributed by atoms with E-state index in [0.29, 0.717) is 12.6 Å². The fraction of sp³-hybridized carbons (Fsp3) is 0.667. The number of unbranched alkanes of at least 4 members (excludes halogenated alkanes) is 3. The summed E-state index contributed by atoms with van der Waals surface area (Å²) < 4.78 is 22.7. The average molecular weight is 488 g/mol. The molecule has 6 nitrogen and oxygen atoms in total.